The minimum Gasteiger partial charge on any atom is -0.477 e. The Balaban J connectivity index is 2.28. The van der Waals surface area contributed by atoms with Crippen LogP contribution in [0.25, 0.3) is 0 Å². The van der Waals surface area contributed by atoms with Crippen molar-refractivity contribution < 1.29 is 19.8 Å². The lowest BCUT2D eigenvalue weighted by molar-refractivity contribution is -0.142. The zero-order chi connectivity index (χ0) is 11.2. The van der Waals surface area contributed by atoms with Gasteiger partial charge in [0.25, 0.3) is 5.91 Å². The molecule has 1 saturated heterocycles. The second kappa shape index (κ2) is 3.20. The summed E-state index contributed by atoms with van der Waals surface area (Å²) in [6.07, 6.45) is 2.07. The highest BCUT2D eigenvalue weighted by atomic mass is 16.4. The van der Waals surface area contributed by atoms with Crippen molar-refractivity contribution in [2.45, 2.75) is 19.4 Å². The van der Waals surface area contributed by atoms with E-state index in [1.54, 1.807) is 13.0 Å². The molecule has 0 aromatic carbocycles. The topological polar surface area (TPSA) is 77.8 Å². The minimum absolute atomic E-state index is 0.0551. The van der Waals surface area contributed by atoms with Crippen molar-refractivity contribution in [2.24, 2.45) is 0 Å². The Morgan fingerprint density at radius 3 is 2.87 bits per heavy atom. The molecule has 5 nitrogen and oxygen atoms in total. The Hall–Kier alpha value is -1.62. The van der Waals surface area contributed by atoms with Gasteiger partial charge in [-0.05, 0) is 18.9 Å². The van der Waals surface area contributed by atoms with Crippen LogP contribution in [0.5, 0.6) is 0 Å². The van der Waals surface area contributed by atoms with Crippen LogP contribution >= 0.6 is 0 Å². The van der Waals surface area contributed by atoms with E-state index in [0.717, 1.165) is 0 Å². The molecule has 2 aliphatic rings. The monoisotopic (exact) mass is 209 g/mol. The number of hydrogen-bond donors (Lipinski definition) is 2. The number of amides is 1. The van der Waals surface area contributed by atoms with Gasteiger partial charge in [0.05, 0.1) is 12.6 Å². The van der Waals surface area contributed by atoms with E-state index >= 15 is 0 Å². The fourth-order valence-corrected chi connectivity index (χ4v) is 2.04. The molecule has 0 bridgehead atoms. The third-order valence-corrected chi connectivity index (χ3v) is 2.80. The summed E-state index contributed by atoms with van der Waals surface area (Å²) in [5, 5.41) is 17.7. The van der Waals surface area contributed by atoms with Crippen LogP contribution < -0.4 is 0 Å². The van der Waals surface area contributed by atoms with Crippen molar-refractivity contribution in [3.63, 3.8) is 0 Å². The van der Waals surface area contributed by atoms with Gasteiger partial charge in [0.15, 0.2) is 0 Å². The predicted molar refractivity (Wildman–Crippen MR) is 50.8 cm³/mol. The Morgan fingerprint density at radius 1 is 1.67 bits per heavy atom. The fraction of sp³-hybridized carbons (Fsp3) is 0.400. The van der Waals surface area contributed by atoms with Gasteiger partial charge in [-0.15, -0.1) is 0 Å². The first kappa shape index (κ1) is 9.92. The summed E-state index contributed by atoms with van der Waals surface area (Å²) >= 11 is 0. The van der Waals surface area contributed by atoms with E-state index in [1.807, 2.05) is 0 Å². The van der Waals surface area contributed by atoms with Crippen LogP contribution in [-0.4, -0.2) is 39.6 Å². The minimum atomic E-state index is -1.08. The maximum Gasteiger partial charge on any atom is 0.352 e. The largest absolute Gasteiger partial charge is 0.477 e. The van der Waals surface area contributed by atoms with Gasteiger partial charge in [-0.2, -0.15) is 0 Å². The molecule has 5 heteroatoms. The van der Waals surface area contributed by atoms with Gasteiger partial charge < -0.3 is 10.2 Å². The van der Waals surface area contributed by atoms with Crippen LogP contribution in [-0.2, 0) is 9.59 Å². The summed E-state index contributed by atoms with van der Waals surface area (Å²) in [5.74, 6) is -1.37. The van der Waals surface area contributed by atoms with Crippen molar-refractivity contribution in [2.75, 3.05) is 6.61 Å². The normalized spacial score (nSPS) is 27.1. The lowest BCUT2D eigenvalue weighted by atomic mass is 9.90. The van der Waals surface area contributed by atoms with E-state index in [4.69, 9.17) is 10.2 Å². The number of aliphatic hydroxyl groups excluding tert-OH is 1. The Labute approximate surface area is 86.3 Å². The van der Waals surface area contributed by atoms with Crippen molar-refractivity contribution in [1.82, 2.24) is 4.90 Å². The lowest BCUT2D eigenvalue weighted by Crippen LogP contribution is -2.53. The maximum atomic E-state index is 11.6. The van der Waals surface area contributed by atoms with Crippen LogP contribution in [0.15, 0.2) is 22.9 Å². The number of carboxylic acid groups (broad SMARTS) is 1. The highest BCUT2D eigenvalue weighted by Crippen LogP contribution is 2.39. The number of fused-ring (bicyclic) bond motifs is 1. The maximum absolute atomic E-state index is 11.6. The van der Waals surface area contributed by atoms with E-state index < -0.39 is 5.97 Å². The number of carbonyl (C=O) groups excluding carboxylic acids is 1. The summed E-state index contributed by atoms with van der Waals surface area (Å²) in [4.78, 5) is 23.6. The van der Waals surface area contributed by atoms with E-state index in [9.17, 15) is 9.59 Å². The smallest absolute Gasteiger partial charge is 0.352 e. The summed E-state index contributed by atoms with van der Waals surface area (Å²) in [6, 6.07) is -0.171. The number of nitrogens with zero attached hydrogens (tertiary/aromatic N) is 1. The number of aliphatic carboxylic acids is 1. The number of aliphatic hydroxyl groups is 1. The van der Waals surface area contributed by atoms with Crippen LogP contribution in [0, 0.1) is 0 Å². The van der Waals surface area contributed by atoms with Gasteiger partial charge in [-0.3, -0.25) is 9.69 Å². The van der Waals surface area contributed by atoms with Crippen LogP contribution in [0.4, 0.5) is 0 Å². The van der Waals surface area contributed by atoms with Crippen molar-refractivity contribution in [1.29, 1.82) is 0 Å². The molecule has 1 atom stereocenters. The number of carboxylic acids is 1. The second-order valence-corrected chi connectivity index (χ2v) is 3.67. The molecule has 0 spiro atoms. The van der Waals surface area contributed by atoms with E-state index in [0.29, 0.717) is 17.6 Å². The standard InChI is InChI=1S/C10H11NO4/c1-5(4-12)8-6-2-3-7(10(14)15)11(6)9(8)13/h3,6,12H,2,4H2,1H3,(H,14,15)/b8-5+. The Bertz CT molecular complexity index is 408. The summed E-state index contributed by atoms with van der Waals surface area (Å²) in [7, 11) is 0. The van der Waals surface area contributed by atoms with E-state index in [1.165, 1.54) is 4.90 Å². The van der Waals surface area contributed by atoms with Crippen LogP contribution in [0.3, 0.4) is 0 Å². The molecule has 0 saturated carbocycles. The number of carbonyl (C=O) groups is 2. The second-order valence-electron chi connectivity index (χ2n) is 3.67. The zero-order valence-electron chi connectivity index (χ0n) is 8.23. The highest BCUT2D eigenvalue weighted by molar-refractivity contribution is 6.08. The molecule has 1 unspecified atom stereocenters. The average Bonchev–Trinajstić information content (AvgIpc) is 2.57. The molecule has 2 heterocycles. The Kier molecular flexibility index (Phi) is 2.12. The zero-order valence-corrected chi connectivity index (χ0v) is 8.23. The summed E-state index contributed by atoms with van der Waals surface area (Å²) in [6.45, 7) is 1.52. The molecule has 0 aromatic rings. The predicted octanol–water partition coefficient (Wildman–Crippen LogP) is -0.122. The molecule has 15 heavy (non-hydrogen) atoms. The number of hydrogen-bond acceptors (Lipinski definition) is 3. The van der Waals surface area contributed by atoms with Gasteiger partial charge in [-0.1, -0.05) is 6.08 Å². The molecule has 2 N–H and O–H groups in total. The third-order valence-electron chi connectivity index (χ3n) is 2.80. The van der Waals surface area contributed by atoms with E-state index in [-0.39, 0.29) is 24.3 Å². The average molecular weight is 209 g/mol. The van der Waals surface area contributed by atoms with Crippen molar-refractivity contribution in [3.8, 4) is 0 Å². The van der Waals surface area contributed by atoms with Gasteiger partial charge in [0.2, 0.25) is 0 Å². The molecule has 2 aliphatic heterocycles. The van der Waals surface area contributed by atoms with Gasteiger partial charge in [0, 0.05) is 5.57 Å². The molecule has 0 aliphatic carbocycles. The molecule has 0 aromatic heterocycles. The molecule has 2 rings (SSSR count). The first-order valence-electron chi connectivity index (χ1n) is 4.65. The highest BCUT2D eigenvalue weighted by Gasteiger charge is 2.49. The fourth-order valence-electron chi connectivity index (χ4n) is 2.04. The number of rotatable bonds is 2. The molecule has 1 amide bonds. The van der Waals surface area contributed by atoms with Gasteiger partial charge in [-0.25, -0.2) is 4.79 Å². The van der Waals surface area contributed by atoms with Crippen LogP contribution in [0.2, 0.25) is 0 Å². The molecule has 1 fully saturated rings. The summed E-state index contributed by atoms with van der Waals surface area (Å²) in [5.41, 5.74) is 1.24. The first-order chi connectivity index (χ1) is 7.07. The van der Waals surface area contributed by atoms with Crippen molar-refractivity contribution in [3.05, 3.63) is 22.9 Å². The molecule has 0 radical (unpaired) electrons. The lowest BCUT2D eigenvalue weighted by Gasteiger charge is -2.39. The molecular weight excluding hydrogens is 198 g/mol. The van der Waals surface area contributed by atoms with Gasteiger partial charge in [0.1, 0.15) is 5.70 Å². The SMILES string of the molecule is C/C(CO)=C1\C(=O)N2C(C(=O)O)=CCC12. The quantitative estimate of drug-likeness (QED) is 0.491. The first-order valence-corrected chi connectivity index (χ1v) is 4.65. The molecule has 80 valence electrons. The van der Waals surface area contributed by atoms with Crippen molar-refractivity contribution >= 4 is 11.9 Å². The van der Waals surface area contributed by atoms with Crippen LogP contribution in [0.1, 0.15) is 13.3 Å². The third kappa shape index (κ3) is 1.20. The Morgan fingerprint density at radius 2 is 2.33 bits per heavy atom. The number of β-lactam (4-membered cyclic amide) rings is 1. The van der Waals surface area contributed by atoms with Gasteiger partial charge >= 0.3 is 5.97 Å². The molecular formula is C10H11NO4. The summed E-state index contributed by atoms with van der Waals surface area (Å²) < 4.78 is 0. The van der Waals surface area contributed by atoms with E-state index in [2.05, 4.69) is 0 Å².